The number of aryl methyl sites for hydroxylation is 2. The van der Waals surface area contributed by atoms with Crippen molar-refractivity contribution in [2.24, 2.45) is 23.7 Å². The summed E-state index contributed by atoms with van der Waals surface area (Å²) in [4.78, 5) is 38.1. The van der Waals surface area contributed by atoms with Gasteiger partial charge < -0.3 is 17.2 Å². The van der Waals surface area contributed by atoms with Gasteiger partial charge in [-0.2, -0.15) is 11.8 Å². The fourth-order valence-corrected chi connectivity index (χ4v) is 7.92. The average Bonchev–Trinajstić information content (AvgIpc) is 2.91. The van der Waals surface area contributed by atoms with E-state index in [4.69, 9.17) is 0 Å². The van der Waals surface area contributed by atoms with Crippen LogP contribution in [-0.4, -0.2) is 47.0 Å². The van der Waals surface area contributed by atoms with Crippen LogP contribution in [0, 0.1) is 30.6 Å². The van der Waals surface area contributed by atoms with E-state index >= 15 is 0 Å². The van der Waals surface area contributed by atoms with Crippen LogP contribution in [0.2, 0.25) is 0 Å². The predicted molar refractivity (Wildman–Crippen MR) is 157 cm³/mol. The third kappa shape index (κ3) is 6.98. The zero-order valence-corrected chi connectivity index (χ0v) is 24.8. The molecule has 0 saturated heterocycles. The summed E-state index contributed by atoms with van der Waals surface area (Å²) < 4.78 is 0. The summed E-state index contributed by atoms with van der Waals surface area (Å²) in [5, 5.41) is 15.7. The second-order valence-electron chi connectivity index (χ2n) is 11.9. The Labute approximate surface area is 255 Å². The molecule has 4 saturated carbocycles. The van der Waals surface area contributed by atoms with Gasteiger partial charge in [0.25, 0.3) is 5.91 Å². The van der Waals surface area contributed by atoms with E-state index in [9.17, 15) is 19.5 Å². The van der Waals surface area contributed by atoms with Gasteiger partial charge in [-0.05, 0) is 116 Å². The minimum atomic E-state index is -1.03. The number of carbonyl (C=O) groups is 3. The number of thioether (sulfide) groups is 1. The molecule has 6 rings (SSSR count). The maximum atomic E-state index is 13.3. The minimum Gasteiger partial charge on any atom is -1.00 e. The Hall–Kier alpha value is -2.20. The second kappa shape index (κ2) is 13.6. The third-order valence-electron chi connectivity index (χ3n) is 9.17. The molecule has 2 amide bonds. The summed E-state index contributed by atoms with van der Waals surface area (Å²) in [5.74, 6) is 2.41. The number of hydrogen-bond donors (Lipinski definition) is 3. The third-order valence-corrected chi connectivity index (χ3v) is 9.82. The summed E-state index contributed by atoms with van der Waals surface area (Å²) in [6, 6.07) is 12.9. The Morgan fingerprint density at radius 2 is 1.68 bits per heavy atom. The van der Waals surface area contributed by atoms with Gasteiger partial charge in [-0.15, -0.1) is 0 Å². The van der Waals surface area contributed by atoms with Crippen LogP contribution in [0.15, 0.2) is 42.5 Å². The zero-order chi connectivity index (χ0) is 27.5. The topological polar surface area (TPSA) is 95.5 Å². The molecule has 0 radical (unpaired) electrons. The SMILES string of the molecule is CSCC[C@H](NC(=O)c1ccc(CCC(=O)NC2C3CC4CC(C3)CC2C4)cc1-c1ccccc1C)C(=O)O.[H-].[Li+]. The molecule has 40 heavy (non-hydrogen) atoms. The number of benzene rings is 2. The first-order valence-electron chi connectivity index (χ1n) is 14.3. The van der Waals surface area contributed by atoms with Crippen molar-refractivity contribution in [2.45, 2.75) is 70.4 Å². The first kappa shape index (κ1) is 30.7. The van der Waals surface area contributed by atoms with Crippen molar-refractivity contribution in [3.8, 4) is 11.1 Å². The van der Waals surface area contributed by atoms with Crippen molar-refractivity contribution >= 4 is 29.5 Å². The normalized spacial score (nSPS) is 25.1. The second-order valence-corrected chi connectivity index (χ2v) is 12.9. The summed E-state index contributed by atoms with van der Waals surface area (Å²) >= 11 is 1.55. The molecule has 2 aromatic rings. The Morgan fingerprint density at radius 3 is 2.30 bits per heavy atom. The van der Waals surface area contributed by atoms with Crippen molar-refractivity contribution in [3.63, 3.8) is 0 Å². The van der Waals surface area contributed by atoms with Gasteiger partial charge in [-0.3, -0.25) is 9.59 Å². The monoisotopic (exact) mass is 556 g/mol. The van der Waals surface area contributed by atoms with E-state index in [0.717, 1.165) is 34.1 Å². The van der Waals surface area contributed by atoms with Gasteiger partial charge in [-0.1, -0.05) is 36.4 Å². The molecular formula is C32H41LiN2O4S. The van der Waals surface area contributed by atoms with E-state index in [1.165, 1.54) is 32.1 Å². The smallest absolute Gasteiger partial charge is 1.00 e. The number of carbonyl (C=O) groups excluding carboxylic acids is 2. The Balaban J connectivity index is 0.00000231. The van der Waals surface area contributed by atoms with Crippen LogP contribution in [0.3, 0.4) is 0 Å². The molecule has 0 aromatic heterocycles. The van der Waals surface area contributed by atoms with E-state index in [0.29, 0.717) is 48.5 Å². The molecule has 4 bridgehead atoms. The van der Waals surface area contributed by atoms with E-state index < -0.39 is 17.9 Å². The minimum absolute atomic E-state index is 0. The van der Waals surface area contributed by atoms with Gasteiger partial charge in [0.1, 0.15) is 6.04 Å². The first-order chi connectivity index (χ1) is 18.8. The van der Waals surface area contributed by atoms with Gasteiger partial charge in [0.05, 0.1) is 0 Å². The quantitative estimate of drug-likeness (QED) is 0.370. The molecule has 3 N–H and O–H groups in total. The summed E-state index contributed by atoms with van der Waals surface area (Å²) in [6.07, 6.45) is 9.80. The van der Waals surface area contributed by atoms with Gasteiger partial charge in [0.2, 0.25) is 5.91 Å². The van der Waals surface area contributed by atoms with Crippen molar-refractivity contribution < 1.29 is 39.8 Å². The van der Waals surface area contributed by atoms with E-state index in [1.54, 1.807) is 17.8 Å². The predicted octanol–water partition coefficient (Wildman–Crippen LogP) is 2.59. The molecule has 4 fully saturated rings. The molecular weight excluding hydrogens is 515 g/mol. The van der Waals surface area contributed by atoms with Crippen LogP contribution in [0.5, 0.6) is 0 Å². The number of amides is 2. The van der Waals surface area contributed by atoms with Crippen LogP contribution in [0.1, 0.15) is 67.9 Å². The maximum Gasteiger partial charge on any atom is 1.00 e. The summed E-state index contributed by atoms with van der Waals surface area (Å²) in [5.41, 5.74) is 4.15. The number of aliphatic carboxylic acids is 1. The number of carboxylic acid groups (broad SMARTS) is 1. The van der Waals surface area contributed by atoms with Crippen molar-refractivity contribution in [3.05, 3.63) is 59.2 Å². The number of rotatable bonds is 11. The van der Waals surface area contributed by atoms with Gasteiger partial charge >= 0.3 is 24.8 Å². The fourth-order valence-electron chi connectivity index (χ4n) is 7.45. The zero-order valence-electron chi connectivity index (χ0n) is 24.9. The van der Waals surface area contributed by atoms with Crippen molar-refractivity contribution in [1.29, 1.82) is 0 Å². The molecule has 6 nitrogen and oxygen atoms in total. The molecule has 2 aromatic carbocycles. The summed E-state index contributed by atoms with van der Waals surface area (Å²) in [7, 11) is 0. The molecule has 210 valence electrons. The number of nitrogens with one attached hydrogen (secondary N) is 2. The molecule has 8 heteroatoms. The Bertz CT molecular complexity index is 1210. The Kier molecular flexibility index (Phi) is 10.5. The van der Waals surface area contributed by atoms with Gasteiger partial charge in [0.15, 0.2) is 0 Å². The Morgan fingerprint density at radius 1 is 1.00 bits per heavy atom. The molecule has 1 atom stereocenters. The number of carboxylic acids is 1. The average molecular weight is 557 g/mol. The molecule has 0 heterocycles. The molecule has 0 spiro atoms. The molecule has 0 unspecified atom stereocenters. The van der Waals surface area contributed by atoms with E-state index in [-0.39, 0.29) is 26.2 Å². The van der Waals surface area contributed by atoms with Crippen LogP contribution in [0.4, 0.5) is 0 Å². The van der Waals surface area contributed by atoms with Crippen molar-refractivity contribution in [2.75, 3.05) is 12.0 Å². The molecule has 4 aliphatic rings. The fraction of sp³-hybridized carbons (Fsp3) is 0.531. The van der Waals surface area contributed by atoms with E-state index in [2.05, 4.69) is 10.6 Å². The number of hydrogen-bond acceptors (Lipinski definition) is 4. The largest absolute Gasteiger partial charge is 1.00 e. The molecule has 4 aliphatic carbocycles. The summed E-state index contributed by atoms with van der Waals surface area (Å²) in [6.45, 7) is 2.00. The van der Waals surface area contributed by atoms with Gasteiger partial charge in [-0.25, -0.2) is 4.79 Å². The van der Waals surface area contributed by atoms with Crippen LogP contribution >= 0.6 is 11.8 Å². The maximum absolute atomic E-state index is 13.3. The van der Waals surface area contributed by atoms with Crippen LogP contribution < -0.4 is 29.5 Å². The van der Waals surface area contributed by atoms with Gasteiger partial charge in [0, 0.05) is 18.0 Å². The van der Waals surface area contributed by atoms with Crippen molar-refractivity contribution in [1.82, 2.24) is 10.6 Å². The van der Waals surface area contributed by atoms with E-state index in [1.807, 2.05) is 49.6 Å². The van der Waals surface area contributed by atoms with Crippen LogP contribution in [-0.2, 0) is 16.0 Å². The first-order valence-corrected chi connectivity index (χ1v) is 15.7. The standard InChI is InChI=1S/C32H40N2O4S.Li.H/c1-19-5-3-4-6-25(19)27-18-20(7-9-26(27)31(36)33-28(32(37)38)11-12-39-2)8-10-29(35)34-30-23-14-21-13-22(16-23)17-24(30)15-21;;/h3-7,9,18,21-24,28,30H,8,10-17H2,1-2H3,(H,33,36)(H,34,35)(H,37,38);;/q;+1;-1/t21?,22?,23?,24?,28-,30?;;/m0../s1. The van der Waals surface area contributed by atoms with Crippen LogP contribution in [0.25, 0.3) is 11.1 Å². The molecule has 0 aliphatic heterocycles.